The number of halogens is 1. The summed E-state index contributed by atoms with van der Waals surface area (Å²) in [6, 6.07) is 25.0. The van der Waals surface area contributed by atoms with Crippen molar-refractivity contribution in [3.05, 3.63) is 77.8 Å². The van der Waals surface area contributed by atoms with Crippen LogP contribution in [-0.2, 0) is 0 Å². The van der Waals surface area contributed by atoms with Gasteiger partial charge >= 0.3 is 0 Å². The smallest absolute Gasteiger partial charge is 0.0659 e. The molecule has 4 rings (SSSR count). The van der Waals surface area contributed by atoms with Crippen LogP contribution in [0.4, 0.5) is 0 Å². The molecule has 0 bridgehead atoms. The molecule has 3 heteroatoms. The molecule has 0 spiro atoms. The highest BCUT2D eigenvalue weighted by atomic mass is 35.5. The largest absolute Gasteiger partial charge is 0.132 e. The highest BCUT2D eigenvalue weighted by Gasteiger charge is 2.13. The maximum Gasteiger partial charge on any atom is 0.0659 e. The Morgan fingerprint density at radius 3 is 2.17 bits per heavy atom. The summed E-state index contributed by atoms with van der Waals surface area (Å²) in [6.07, 6.45) is 0. The fourth-order valence-electron chi connectivity index (χ4n) is 2.79. The van der Waals surface area contributed by atoms with Gasteiger partial charge in [0, 0.05) is 20.7 Å². The lowest BCUT2D eigenvalue weighted by Gasteiger charge is -2.05. The van der Waals surface area contributed by atoms with Crippen molar-refractivity contribution >= 4 is 45.7 Å². The molecule has 0 aliphatic carbocycles. The Morgan fingerprint density at radius 2 is 1.43 bits per heavy atom. The van der Waals surface area contributed by atoms with E-state index in [0.29, 0.717) is 0 Å². The summed E-state index contributed by atoms with van der Waals surface area (Å²) in [6.45, 7) is 0. The third-order valence-electron chi connectivity index (χ3n) is 3.91. The van der Waals surface area contributed by atoms with Gasteiger partial charge in [0.25, 0.3) is 0 Å². The molecule has 0 amide bonds. The van der Waals surface area contributed by atoms with Crippen LogP contribution in [0.15, 0.2) is 77.0 Å². The molecule has 0 radical (unpaired) electrons. The molecule has 3 aromatic carbocycles. The van der Waals surface area contributed by atoms with E-state index in [9.17, 15) is 0 Å². The van der Waals surface area contributed by atoms with Crippen molar-refractivity contribution in [3.8, 4) is 22.3 Å². The highest BCUT2D eigenvalue weighted by molar-refractivity contribution is 7.83. The topological polar surface area (TPSA) is 0 Å². The van der Waals surface area contributed by atoms with E-state index in [1.54, 1.807) is 11.3 Å². The van der Waals surface area contributed by atoms with Gasteiger partial charge in [0.2, 0.25) is 0 Å². The predicted octanol–water partition coefficient (Wildman–Crippen LogP) is 7.18. The van der Waals surface area contributed by atoms with Gasteiger partial charge in [0.1, 0.15) is 0 Å². The summed E-state index contributed by atoms with van der Waals surface area (Å²) in [4.78, 5) is 0. The first kappa shape index (κ1) is 14.8. The molecular weight excluding hydrogens is 340 g/mol. The van der Waals surface area contributed by atoms with Gasteiger partial charge < -0.3 is 0 Å². The Morgan fingerprint density at radius 1 is 0.739 bits per heavy atom. The Balaban J connectivity index is 1.94. The molecular formula is C20H13ClS2. The van der Waals surface area contributed by atoms with E-state index in [2.05, 4.69) is 54.6 Å². The van der Waals surface area contributed by atoms with E-state index in [1.807, 2.05) is 18.2 Å². The molecule has 1 aromatic heterocycles. The standard InChI is InChI=1S/C20H13ClS2/c21-16-9-6-14(7-10-16)19-17-12-15(13-4-2-1-3-5-13)8-11-18(17)23-20(19)22/h1-12,22H. The maximum absolute atomic E-state index is 6.02. The summed E-state index contributed by atoms with van der Waals surface area (Å²) >= 11 is 12.4. The molecule has 0 aliphatic heterocycles. The molecule has 0 aliphatic rings. The van der Waals surface area contributed by atoms with Crippen molar-refractivity contribution in [1.29, 1.82) is 0 Å². The van der Waals surface area contributed by atoms with E-state index in [-0.39, 0.29) is 0 Å². The second kappa shape index (κ2) is 6.04. The van der Waals surface area contributed by atoms with Crippen molar-refractivity contribution < 1.29 is 0 Å². The lowest BCUT2D eigenvalue weighted by molar-refractivity contribution is 1.62. The molecule has 0 saturated heterocycles. The number of thiophene rings is 1. The van der Waals surface area contributed by atoms with Crippen LogP contribution >= 0.6 is 35.6 Å². The number of hydrogen-bond donors (Lipinski definition) is 1. The molecule has 0 atom stereocenters. The van der Waals surface area contributed by atoms with Crippen LogP contribution in [0.1, 0.15) is 0 Å². The summed E-state index contributed by atoms with van der Waals surface area (Å²) in [5, 5.41) is 1.99. The van der Waals surface area contributed by atoms with Crippen LogP contribution in [0.25, 0.3) is 32.3 Å². The monoisotopic (exact) mass is 352 g/mol. The molecule has 112 valence electrons. The highest BCUT2D eigenvalue weighted by Crippen LogP contribution is 2.42. The van der Waals surface area contributed by atoms with Gasteiger partial charge in [0.05, 0.1) is 4.21 Å². The van der Waals surface area contributed by atoms with E-state index in [1.165, 1.54) is 26.8 Å². The summed E-state index contributed by atoms with van der Waals surface area (Å²) < 4.78 is 2.28. The minimum absolute atomic E-state index is 0.749. The SMILES string of the molecule is Sc1sc2ccc(-c3ccccc3)cc2c1-c1ccc(Cl)cc1. The zero-order valence-corrected chi connectivity index (χ0v) is 14.6. The van der Waals surface area contributed by atoms with Gasteiger partial charge in [-0.25, -0.2) is 0 Å². The van der Waals surface area contributed by atoms with Crippen LogP contribution in [-0.4, -0.2) is 0 Å². The number of rotatable bonds is 2. The van der Waals surface area contributed by atoms with Gasteiger partial charge in [-0.1, -0.05) is 60.1 Å². The van der Waals surface area contributed by atoms with E-state index in [4.69, 9.17) is 24.2 Å². The Kier molecular flexibility index (Phi) is 3.90. The van der Waals surface area contributed by atoms with Crippen molar-refractivity contribution in [2.45, 2.75) is 4.21 Å². The van der Waals surface area contributed by atoms with Crippen LogP contribution in [0.2, 0.25) is 5.02 Å². The number of fused-ring (bicyclic) bond motifs is 1. The Hall–Kier alpha value is -1.74. The second-order valence-corrected chi connectivity index (χ2v) is 7.60. The molecule has 0 N–H and O–H groups in total. The minimum atomic E-state index is 0.749. The van der Waals surface area contributed by atoms with Gasteiger partial charge in [-0.3, -0.25) is 0 Å². The zero-order chi connectivity index (χ0) is 15.8. The van der Waals surface area contributed by atoms with Crippen molar-refractivity contribution in [1.82, 2.24) is 0 Å². The van der Waals surface area contributed by atoms with Crippen LogP contribution < -0.4 is 0 Å². The molecule has 23 heavy (non-hydrogen) atoms. The molecule has 1 heterocycles. The van der Waals surface area contributed by atoms with Gasteiger partial charge in [0.15, 0.2) is 0 Å². The quantitative estimate of drug-likeness (QED) is 0.363. The van der Waals surface area contributed by atoms with Gasteiger partial charge in [-0.05, 0) is 41.0 Å². The van der Waals surface area contributed by atoms with Crippen LogP contribution in [0.3, 0.4) is 0 Å². The zero-order valence-electron chi connectivity index (χ0n) is 12.2. The first-order valence-corrected chi connectivity index (χ1v) is 8.93. The number of benzene rings is 3. The van der Waals surface area contributed by atoms with Gasteiger partial charge in [-0.15, -0.1) is 24.0 Å². The van der Waals surface area contributed by atoms with Crippen molar-refractivity contribution in [3.63, 3.8) is 0 Å². The number of hydrogen-bond acceptors (Lipinski definition) is 2. The molecule has 4 aromatic rings. The van der Waals surface area contributed by atoms with E-state index in [0.717, 1.165) is 14.8 Å². The lowest BCUT2D eigenvalue weighted by atomic mass is 10.00. The molecule has 0 nitrogen and oxygen atoms in total. The summed E-state index contributed by atoms with van der Waals surface area (Å²) in [5.41, 5.74) is 4.78. The Labute approximate surface area is 149 Å². The maximum atomic E-state index is 6.02. The average Bonchev–Trinajstić information content (AvgIpc) is 2.91. The third-order valence-corrected chi connectivity index (χ3v) is 5.63. The molecule has 0 fully saturated rings. The van der Waals surface area contributed by atoms with Crippen LogP contribution in [0, 0.1) is 0 Å². The fourth-order valence-corrected chi connectivity index (χ4v) is 4.41. The normalized spacial score (nSPS) is 11.0. The van der Waals surface area contributed by atoms with E-state index < -0.39 is 0 Å². The first-order chi connectivity index (χ1) is 11.2. The van der Waals surface area contributed by atoms with Crippen LogP contribution in [0.5, 0.6) is 0 Å². The average molecular weight is 353 g/mol. The Bertz CT molecular complexity index is 970. The van der Waals surface area contributed by atoms with Crippen molar-refractivity contribution in [2.24, 2.45) is 0 Å². The second-order valence-electron chi connectivity index (χ2n) is 5.37. The van der Waals surface area contributed by atoms with E-state index >= 15 is 0 Å². The summed E-state index contributed by atoms with van der Waals surface area (Å²) in [7, 11) is 0. The molecule has 0 saturated carbocycles. The first-order valence-electron chi connectivity index (χ1n) is 7.29. The minimum Gasteiger partial charge on any atom is -0.132 e. The molecule has 0 unspecified atom stereocenters. The fraction of sp³-hybridized carbons (Fsp3) is 0. The summed E-state index contributed by atoms with van der Waals surface area (Å²) in [5.74, 6) is 0. The van der Waals surface area contributed by atoms with Gasteiger partial charge in [-0.2, -0.15) is 0 Å². The lowest BCUT2D eigenvalue weighted by Crippen LogP contribution is -1.79. The predicted molar refractivity (Wildman–Crippen MR) is 105 cm³/mol. The third kappa shape index (κ3) is 2.78. The number of thiol groups is 1. The van der Waals surface area contributed by atoms with Crippen molar-refractivity contribution in [2.75, 3.05) is 0 Å².